The van der Waals surface area contributed by atoms with Crippen LogP contribution in [0.15, 0.2) is 30.5 Å². The highest BCUT2D eigenvalue weighted by molar-refractivity contribution is 5.57. The fourth-order valence-corrected chi connectivity index (χ4v) is 2.65. The number of hydrogen-bond acceptors (Lipinski definition) is 2. The maximum atomic E-state index is 13.8. The van der Waals surface area contributed by atoms with Gasteiger partial charge in [-0.3, -0.25) is 0 Å². The second kappa shape index (κ2) is 4.53. The van der Waals surface area contributed by atoms with Crippen molar-refractivity contribution in [3.8, 4) is 11.4 Å². The Morgan fingerprint density at radius 1 is 1.39 bits per heavy atom. The normalized spacial score (nSPS) is 18.7. The molecule has 1 aromatic heterocycles. The van der Waals surface area contributed by atoms with Crippen LogP contribution >= 0.6 is 0 Å². The van der Waals surface area contributed by atoms with E-state index in [4.69, 9.17) is 0 Å². The van der Waals surface area contributed by atoms with Gasteiger partial charge >= 0.3 is 0 Å². The molecule has 1 unspecified atom stereocenters. The number of benzene rings is 1. The highest BCUT2D eigenvalue weighted by Gasteiger charge is 2.24. The zero-order valence-corrected chi connectivity index (χ0v) is 10.0. The Morgan fingerprint density at radius 2 is 2.22 bits per heavy atom. The third kappa shape index (κ3) is 1.73. The summed E-state index contributed by atoms with van der Waals surface area (Å²) >= 11 is 0. The third-order valence-corrected chi connectivity index (χ3v) is 3.53. The minimum absolute atomic E-state index is 0.0193. The zero-order chi connectivity index (χ0) is 12.5. The molecule has 3 rings (SSSR count). The molecular weight excluding hydrogens is 231 g/mol. The molecule has 1 aliphatic heterocycles. The van der Waals surface area contributed by atoms with Crippen LogP contribution in [0.4, 0.5) is 4.39 Å². The van der Waals surface area contributed by atoms with E-state index in [1.54, 1.807) is 24.4 Å². The molecule has 1 atom stereocenters. The minimum Gasteiger partial charge on any atom is -0.394 e. The number of hydrogen-bond donors (Lipinski definition) is 1. The lowest BCUT2D eigenvalue weighted by atomic mass is 10.0. The lowest BCUT2D eigenvalue weighted by molar-refractivity contribution is 0.208. The Bertz CT molecular complexity index is 565. The van der Waals surface area contributed by atoms with Crippen molar-refractivity contribution >= 4 is 0 Å². The second-order valence-electron chi connectivity index (χ2n) is 4.65. The molecule has 0 saturated carbocycles. The van der Waals surface area contributed by atoms with E-state index < -0.39 is 0 Å². The SMILES string of the molecule is OCC1CCCc2cnc(-c3ccccc3F)n21. The fraction of sp³-hybridized carbons (Fsp3) is 0.357. The smallest absolute Gasteiger partial charge is 0.143 e. The number of fused-ring (bicyclic) bond motifs is 1. The molecule has 0 amide bonds. The van der Waals surface area contributed by atoms with Gasteiger partial charge in [0.2, 0.25) is 0 Å². The topological polar surface area (TPSA) is 38.1 Å². The fourth-order valence-electron chi connectivity index (χ4n) is 2.65. The highest BCUT2D eigenvalue weighted by atomic mass is 19.1. The molecule has 18 heavy (non-hydrogen) atoms. The molecule has 2 aromatic rings. The molecule has 1 aromatic carbocycles. The van der Waals surface area contributed by atoms with E-state index in [1.165, 1.54) is 6.07 Å². The van der Waals surface area contributed by atoms with E-state index in [0.717, 1.165) is 25.0 Å². The van der Waals surface area contributed by atoms with Gasteiger partial charge in [-0.2, -0.15) is 0 Å². The van der Waals surface area contributed by atoms with Crippen LogP contribution in [0.5, 0.6) is 0 Å². The first-order valence-corrected chi connectivity index (χ1v) is 6.23. The average Bonchev–Trinajstić information content (AvgIpc) is 2.83. The first-order chi connectivity index (χ1) is 8.81. The van der Waals surface area contributed by atoms with Crippen LogP contribution in [0.2, 0.25) is 0 Å². The maximum Gasteiger partial charge on any atom is 0.143 e. The van der Waals surface area contributed by atoms with Gasteiger partial charge < -0.3 is 9.67 Å². The quantitative estimate of drug-likeness (QED) is 0.884. The Hall–Kier alpha value is -1.68. The molecule has 0 aliphatic carbocycles. The summed E-state index contributed by atoms with van der Waals surface area (Å²) in [6, 6.07) is 6.66. The first kappa shape index (κ1) is 11.4. The predicted octanol–water partition coefficient (Wildman–Crippen LogP) is 2.56. The van der Waals surface area contributed by atoms with E-state index in [2.05, 4.69) is 4.98 Å². The Labute approximate surface area is 105 Å². The number of aliphatic hydroxyl groups is 1. The summed E-state index contributed by atoms with van der Waals surface area (Å²) in [5.41, 5.74) is 1.59. The van der Waals surface area contributed by atoms with Crippen LogP contribution in [0.1, 0.15) is 24.6 Å². The van der Waals surface area contributed by atoms with E-state index >= 15 is 0 Å². The summed E-state index contributed by atoms with van der Waals surface area (Å²) in [7, 11) is 0. The number of rotatable bonds is 2. The summed E-state index contributed by atoms with van der Waals surface area (Å²) in [5, 5.41) is 9.45. The van der Waals surface area contributed by atoms with Crippen molar-refractivity contribution in [2.75, 3.05) is 6.61 Å². The van der Waals surface area contributed by atoms with Gasteiger partial charge in [-0.15, -0.1) is 0 Å². The molecule has 1 aliphatic rings. The second-order valence-corrected chi connectivity index (χ2v) is 4.65. The molecule has 0 saturated heterocycles. The van der Waals surface area contributed by atoms with Gasteiger partial charge in [0.05, 0.1) is 18.2 Å². The summed E-state index contributed by atoms with van der Waals surface area (Å²) in [6.45, 7) is 0.0742. The number of aryl methyl sites for hydroxylation is 1. The lowest BCUT2D eigenvalue weighted by Crippen LogP contribution is -2.21. The standard InChI is InChI=1S/C14H15FN2O/c15-13-7-2-1-6-12(13)14-16-8-10-4-3-5-11(9-18)17(10)14/h1-2,6-8,11,18H,3-5,9H2. The van der Waals surface area contributed by atoms with Gasteiger partial charge in [-0.05, 0) is 31.4 Å². The molecule has 94 valence electrons. The van der Waals surface area contributed by atoms with Crippen LogP contribution in [-0.2, 0) is 6.42 Å². The van der Waals surface area contributed by atoms with Crippen LogP contribution in [0.3, 0.4) is 0 Å². The molecule has 0 fully saturated rings. The van der Waals surface area contributed by atoms with Gasteiger partial charge in [0.15, 0.2) is 0 Å². The van der Waals surface area contributed by atoms with Crippen molar-refractivity contribution in [3.63, 3.8) is 0 Å². The summed E-state index contributed by atoms with van der Waals surface area (Å²) in [4.78, 5) is 4.34. The Morgan fingerprint density at radius 3 is 3.00 bits per heavy atom. The molecular formula is C14H15FN2O. The number of imidazole rings is 1. The van der Waals surface area contributed by atoms with E-state index in [0.29, 0.717) is 11.4 Å². The van der Waals surface area contributed by atoms with Gasteiger partial charge in [-0.1, -0.05) is 12.1 Å². The van der Waals surface area contributed by atoms with E-state index in [9.17, 15) is 9.50 Å². The van der Waals surface area contributed by atoms with Gasteiger partial charge in [0.1, 0.15) is 11.6 Å². The summed E-state index contributed by atoms with van der Waals surface area (Å²) < 4.78 is 15.8. The predicted molar refractivity (Wildman–Crippen MR) is 66.7 cm³/mol. The van der Waals surface area contributed by atoms with Crippen LogP contribution in [0, 0.1) is 5.82 Å². The third-order valence-electron chi connectivity index (χ3n) is 3.53. The molecule has 2 heterocycles. The van der Waals surface area contributed by atoms with Crippen molar-refractivity contribution in [1.82, 2.24) is 9.55 Å². The molecule has 1 N–H and O–H groups in total. The van der Waals surface area contributed by atoms with Crippen molar-refractivity contribution in [2.24, 2.45) is 0 Å². The van der Waals surface area contributed by atoms with Crippen LogP contribution in [0.25, 0.3) is 11.4 Å². The Balaban J connectivity index is 2.14. The number of halogens is 1. The van der Waals surface area contributed by atoms with Crippen LogP contribution < -0.4 is 0 Å². The zero-order valence-electron chi connectivity index (χ0n) is 10.0. The molecule has 0 spiro atoms. The molecule has 4 heteroatoms. The monoisotopic (exact) mass is 246 g/mol. The number of nitrogens with zero attached hydrogens (tertiary/aromatic N) is 2. The highest BCUT2D eigenvalue weighted by Crippen LogP contribution is 2.31. The summed E-state index contributed by atoms with van der Waals surface area (Å²) in [5.74, 6) is 0.356. The summed E-state index contributed by atoms with van der Waals surface area (Å²) in [6.07, 6.45) is 4.70. The molecule has 0 radical (unpaired) electrons. The lowest BCUT2D eigenvalue weighted by Gasteiger charge is -2.25. The average molecular weight is 246 g/mol. The first-order valence-electron chi connectivity index (χ1n) is 6.23. The number of aromatic nitrogens is 2. The van der Waals surface area contributed by atoms with E-state index in [1.807, 2.05) is 4.57 Å². The van der Waals surface area contributed by atoms with Gasteiger partial charge in [0, 0.05) is 11.9 Å². The van der Waals surface area contributed by atoms with Gasteiger partial charge in [-0.25, -0.2) is 9.37 Å². The molecule has 3 nitrogen and oxygen atoms in total. The van der Waals surface area contributed by atoms with Crippen molar-refractivity contribution in [2.45, 2.75) is 25.3 Å². The maximum absolute atomic E-state index is 13.8. The van der Waals surface area contributed by atoms with Gasteiger partial charge in [0.25, 0.3) is 0 Å². The minimum atomic E-state index is -0.270. The van der Waals surface area contributed by atoms with Crippen LogP contribution in [-0.4, -0.2) is 21.3 Å². The number of aliphatic hydroxyl groups excluding tert-OH is 1. The largest absolute Gasteiger partial charge is 0.394 e. The van der Waals surface area contributed by atoms with Crippen molar-refractivity contribution in [1.29, 1.82) is 0 Å². The van der Waals surface area contributed by atoms with Crippen molar-refractivity contribution in [3.05, 3.63) is 42.0 Å². The molecule has 0 bridgehead atoms. The van der Waals surface area contributed by atoms with E-state index in [-0.39, 0.29) is 18.5 Å². The Kier molecular flexibility index (Phi) is 2.88. The van der Waals surface area contributed by atoms with Crippen molar-refractivity contribution < 1.29 is 9.50 Å².